The standard InChI is InChI=1S/C10H12N2O2S/c1-7-9(15-6-11-7)10(14)12-4-2-3-8(13)5-12/h6H,2-5H2,1H3. The number of piperidine rings is 1. The van der Waals surface area contributed by atoms with Gasteiger partial charge in [0.2, 0.25) is 0 Å². The van der Waals surface area contributed by atoms with Gasteiger partial charge in [-0.05, 0) is 13.3 Å². The van der Waals surface area contributed by atoms with Gasteiger partial charge in [-0.3, -0.25) is 9.59 Å². The summed E-state index contributed by atoms with van der Waals surface area (Å²) in [5.41, 5.74) is 2.41. The van der Waals surface area contributed by atoms with E-state index in [2.05, 4.69) is 4.98 Å². The van der Waals surface area contributed by atoms with Gasteiger partial charge < -0.3 is 4.90 Å². The van der Waals surface area contributed by atoms with E-state index in [1.807, 2.05) is 6.92 Å². The van der Waals surface area contributed by atoms with Gasteiger partial charge >= 0.3 is 0 Å². The van der Waals surface area contributed by atoms with E-state index in [-0.39, 0.29) is 18.2 Å². The molecule has 4 nitrogen and oxygen atoms in total. The van der Waals surface area contributed by atoms with E-state index in [4.69, 9.17) is 0 Å². The molecule has 1 fully saturated rings. The molecule has 0 atom stereocenters. The Kier molecular flexibility index (Phi) is 2.81. The molecule has 2 rings (SSSR count). The van der Waals surface area contributed by atoms with Crippen LogP contribution >= 0.6 is 11.3 Å². The quantitative estimate of drug-likeness (QED) is 0.721. The van der Waals surface area contributed by atoms with Crippen LogP contribution in [0.15, 0.2) is 5.51 Å². The SMILES string of the molecule is Cc1ncsc1C(=O)N1CCCC(=O)C1. The summed E-state index contributed by atoms with van der Waals surface area (Å²) < 4.78 is 0. The Bertz CT molecular complexity index is 400. The van der Waals surface area contributed by atoms with E-state index in [1.54, 1.807) is 10.4 Å². The maximum Gasteiger partial charge on any atom is 0.266 e. The number of carbonyl (C=O) groups excluding carboxylic acids is 2. The monoisotopic (exact) mass is 224 g/mol. The summed E-state index contributed by atoms with van der Waals surface area (Å²) in [6.07, 6.45) is 1.38. The maximum atomic E-state index is 12.0. The van der Waals surface area contributed by atoms with Crippen LogP contribution in [0.5, 0.6) is 0 Å². The average Bonchev–Trinajstić information content (AvgIpc) is 2.63. The summed E-state index contributed by atoms with van der Waals surface area (Å²) in [5, 5.41) is 0. The highest BCUT2D eigenvalue weighted by molar-refractivity contribution is 7.11. The molecule has 5 heteroatoms. The van der Waals surface area contributed by atoms with Crippen molar-refractivity contribution in [2.24, 2.45) is 0 Å². The minimum atomic E-state index is -0.0527. The van der Waals surface area contributed by atoms with Crippen LogP contribution in [0, 0.1) is 6.92 Å². The lowest BCUT2D eigenvalue weighted by Crippen LogP contribution is -2.40. The Morgan fingerprint density at radius 3 is 3.00 bits per heavy atom. The van der Waals surface area contributed by atoms with Crippen molar-refractivity contribution in [3.63, 3.8) is 0 Å². The normalized spacial score (nSPS) is 16.9. The number of ketones is 1. The van der Waals surface area contributed by atoms with Gasteiger partial charge in [0, 0.05) is 13.0 Å². The van der Waals surface area contributed by atoms with E-state index in [0.29, 0.717) is 17.8 Å². The molecule has 0 radical (unpaired) electrons. The van der Waals surface area contributed by atoms with Gasteiger partial charge in [0.15, 0.2) is 5.78 Å². The zero-order valence-electron chi connectivity index (χ0n) is 8.52. The lowest BCUT2D eigenvalue weighted by Gasteiger charge is -2.25. The number of likely N-dealkylation sites (tertiary alicyclic amines) is 1. The minimum Gasteiger partial charge on any atom is -0.331 e. The van der Waals surface area contributed by atoms with Crippen LogP contribution in [0.4, 0.5) is 0 Å². The fourth-order valence-electron chi connectivity index (χ4n) is 1.66. The van der Waals surface area contributed by atoms with E-state index in [1.165, 1.54) is 11.3 Å². The van der Waals surface area contributed by atoms with Crippen molar-refractivity contribution >= 4 is 23.0 Å². The number of aryl methyl sites for hydroxylation is 1. The Labute approximate surface area is 91.9 Å². The Morgan fingerprint density at radius 1 is 1.60 bits per heavy atom. The molecular formula is C10H12N2O2S. The first-order valence-corrected chi connectivity index (χ1v) is 5.77. The molecule has 1 aromatic rings. The third-order valence-electron chi connectivity index (χ3n) is 2.48. The molecule has 0 aromatic carbocycles. The van der Waals surface area contributed by atoms with Crippen LogP contribution in [0.25, 0.3) is 0 Å². The highest BCUT2D eigenvalue weighted by atomic mass is 32.1. The second-order valence-corrected chi connectivity index (χ2v) is 4.49. The van der Waals surface area contributed by atoms with Gasteiger partial charge in [-0.2, -0.15) is 0 Å². The van der Waals surface area contributed by atoms with Gasteiger partial charge in [-0.25, -0.2) is 4.98 Å². The van der Waals surface area contributed by atoms with Gasteiger partial charge in [0.05, 0.1) is 17.7 Å². The number of nitrogens with zero attached hydrogens (tertiary/aromatic N) is 2. The van der Waals surface area contributed by atoms with Crippen molar-refractivity contribution in [2.75, 3.05) is 13.1 Å². The van der Waals surface area contributed by atoms with Gasteiger partial charge in [-0.1, -0.05) is 0 Å². The van der Waals surface area contributed by atoms with Gasteiger partial charge in [-0.15, -0.1) is 11.3 Å². The number of amides is 1. The first kappa shape index (κ1) is 10.3. The molecule has 1 aromatic heterocycles. The van der Waals surface area contributed by atoms with Crippen molar-refractivity contribution in [3.05, 3.63) is 16.1 Å². The molecule has 1 saturated heterocycles. The predicted octanol–water partition coefficient (Wildman–Crippen LogP) is 1.26. The highest BCUT2D eigenvalue weighted by Crippen LogP contribution is 2.17. The van der Waals surface area contributed by atoms with E-state index >= 15 is 0 Å². The zero-order chi connectivity index (χ0) is 10.8. The smallest absolute Gasteiger partial charge is 0.266 e. The van der Waals surface area contributed by atoms with E-state index < -0.39 is 0 Å². The van der Waals surface area contributed by atoms with E-state index in [0.717, 1.165) is 12.1 Å². The predicted molar refractivity (Wildman–Crippen MR) is 57.0 cm³/mol. The molecule has 0 saturated carbocycles. The highest BCUT2D eigenvalue weighted by Gasteiger charge is 2.24. The minimum absolute atomic E-state index is 0.0527. The molecular weight excluding hydrogens is 212 g/mol. The second-order valence-electron chi connectivity index (χ2n) is 3.64. The largest absolute Gasteiger partial charge is 0.331 e. The number of hydrogen-bond acceptors (Lipinski definition) is 4. The lowest BCUT2D eigenvalue weighted by atomic mass is 10.1. The summed E-state index contributed by atoms with van der Waals surface area (Å²) in [4.78, 5) is 29.5. The maximum absolute atomic E-state index is 12.0. The second kappa shape index (κ2) is 4.10. The average molecular weight is 224 g/mol. The van der Waals surface area contributed by atoms with Crippen LogP contribution in [0.3, 0.4) is 0 Å². The third kappa shape index (κ3) is 2.07. The van der Waals surface area contributed by atoms with Crippen molar-refractivity contribution in [1.82, 2.24) is 9.88 Å². The van der Waals surface area contributed by atoms with Crippen LogP contribution in [-0.4, -0.2) is 34.7 Å². The van der Waals surface area contributed by atoms with Crippen LogP contribution in [0.1, 0.15) is 28.2 Å². The molecule has 0 bridgehead atoms. The molecule has 0 aliphatic carbocycles. The van der Waals surface area contributed by atoms with Crippen molar-refractivity contribution in [1.29, 1.82) is 0 Å². The molecule has 80 valence electrons. The van der Waals surface area contributed by atoms with Crippen molar-refractivity contribution in [2.45, 2.75) is 19.8 Å². The summed E-state index contributed by atoms with van der Waals surface area (Å²) in [7, 11) is 0. The van der Waals surface area contributed by atoms with Crippen molar-refractivity contribution < 1.29 is 9.59 Å². The van der Waals surface area contributed by atoms with Gasteiger partial charge in [0.1, 0.15) is 4.88 Å². The summed E-state index contributed by atoms with van der Waals surface area (Å²) in [6.45, 7) is 2.76. The number of thiazole rings is 1. The molecule has 1 aliphatic heterocycles. The Morgan fingerprint density at radius 2 is 2.40 bits per heavy atom. The number of Topliss-reactive ketones (excluding diaryl/α,β-unsaturated/α-hetero) is 1. The molecule has 15 heavy (non-hydrogen) atoms. The van der Waals surface area contributed by atoms with Crippen molar-refractivity contribution in [3.8, 4) is 0 Å². The summed E-state index contributed by atoms with van der Waals surface area (Å²) >= 11 is 1.34. The Hall–Kier alpha value is -1.23. The molecule has 2 heterocycles. The summed E-state index contributed by atoms with van der Waals surface area (Å²) in [6, 6.07) is 0. The number of carbonyl (C=O) groups is 2. The first-order chi connectivity index (χ1) is 7.18. The molecule has 1 aliphatic rings. The third-order valence-corrected chi connectivity index (χ3v) is 3.39. The first-order valence-electron chi connectivity index (χ1n) is 4.89. The lowest BCUT2D eigenvalue weighted by molar-refractivity contribution is -0.121. The zero-order valence-corrected chi connectivity index (χ0v) is 9.34. The van der Waals surface area contributed by atoms with Crippen LogP contribution in [0.2, 0.25) is 0 Å². The molecule has 0 unspecified atom stereocenters. The number of aromatic nitrogens is 1. The molecule has 1 amide bonds. The molecule has 0 spiro atoms. The van der Waals surface area contributed by atoms with Gasteiger partial charge in [0.25, 0.3) is 5.91 Å². The molecule has 0 N–H and O–H groups in total. The van der Waals surface area contributed by atoms with Crippen LogP contribution < -0.4 is 0 Å². The Balaban J connectivity index is 2.14. The fraction of sp³-hybridized carbons (Fsp3) is 0.500. The number of hydrogen-bond donors (Lipinski definition) is 0. The van der Waals surface area contributed by atoms with E-state index in [9.17, 15) is 9.59 Å². The summed E-state index contributed by atoms with van der Waals surface area (Å²) in [5.74, 6) is 0.0971. The topological polar surface area (TPSA) is 50.3 Å². The number of rotatable bonds is 1. The fourth-order valence-corrected chi connectivity index (χ4v) is 2.43. The van der Waals surface area contributed by atoms with Crippen LogP contribution in [-0.2, 0) is 4.79 Å².